The van der Waals surface area contributed by atoms with Gasteiger partial charge in [-0.05, 0) is 48.9 Å². The number of nitrogens with zero attached hydrogens (tertiary/aromatic N) is 1. The minimum absolute atomic E-state index is 0.730. The van der Waals surface area contributed by atoms with Crippen molar-refractivity contribution in [2.75, 3.05) is 12.4 Å². The Bertz CT molecular complexity index is 611. The van der Waals surface area contributed by atoms with Crippen molar-refractivity contribution in [1.29, 1.82) is 0 Å². The molecule has 1 N–H and O–H groups in total. The molecule has 0 aliphatic heterocycles. The predicted molar refractivity (Wildman–Crippen MR) is 81.2 cm³/mol. The highest BCUT2D eigenvalue weighted by Crippen LogP contribution is 2.14. The number of aryl methyl sites for hydroxylation is 1. The number of nitrogens with one attached hydrogen (secondary N) is 1. The standard InChI is InChI=1S/C16H16N2O/c1-12-5-4-6-14(11-12)18-16(17-2)13-7-9-15(19-3)10-8-13/h4-11H,2H2,1,3H3/p+1. The normalized spacial score (nSPS) is 9.58. The molecule has 2 aromatic rings. The third kappa shape index (κ3) is 3.24. The molecule has 0 atom stereocenters. The summed E-state index contributed by atoms with van der Waals surface area (Å²) in [6.45, 7) is 5.67. The third-order valence-corrected chi connectivity index (χ3v) is 2.80. The van der Waals surface area contributed by atoms with E-state index in [4.69, 9.17) is 4.74 Å². The summed E-state index contributed by atoms with van der Waals surface area (Å²) in [5, 5.41) is 3.27. The van der Waals surface area contributed by atoms with Gasteiger partial charge in [-0.15, -0.1) is 0 Å². The first-order valence-corrected chi connectivity index (χ1v) is 6.04. The van der Waals surface area contributed by atoms with Gasteiger partial charge >= 0.3 is 5.84 Å². The molecule has 0 saturated carbocycles. The third-order valence-electron chi connectivity index (χ3n) is 2.80. The number of ether oxygens (including phenoxy) is 1. The Hall–Kier alpha value is -2.51. The van der Waals surface area contributed by atoms with Gasteiger partial charge in [0.2, 0.25) is 0 Å². The smallest absolute Gasteiger partial charge is 0.379 e. The van der Waals surface area contributed by atoms with Crippen LogP contribution >= 0.6 is 0 Å². The van der Waals surface area contributed by atoms with Crippen molar-refractivity contribution in [2.45, 2.75) is 6.92 Å². The van der Waals surface area contributed by atoms with Gasteiger partial charge in [0, 0.05) is 0 Å². The van der Waals surface area contributed by atoms with E-state index in [1.54, 1.807) is 7.11 Å². The highest BCUT2D eigenvalue weighted by Gasteiger charge is 2.13. The van der Waals surface area contributed by atoms with Crippen LogP contribution in [0, 0.1) is 6.92 Å². The Labute approximate surface area is 113 Å². The fourth-order valence-corrected chi connectivity index (χ4v) is 1.81. The minimum atomic E-state index is 0.730. The van der Waals surface area contributed by atoms with E-state index in [9.17, 15) is 0 Å². The Balaban J connectivity index is 2.23. The molecule has 0 heterocycles. The van der Waals surface area contributed by atoms with E-state index >= 15 is 0 Å². The topological polar surface area (TPSA) is 35.4 Å². The van der Waals surface area contributed by atoms with Crippen LogP contribution in [-0.4, -0.2) is 19.7 Å². The highest BCUT2D eigenvalue weighted by atomic mass is 16.5. The summed E-state index contributed by atoms with van der Waals surface area (Å²) in [6, 6.07) is 15.8. The lowest BCUT2D eigenvalue weighted by Crippen LogP contribution is -2.16. The van der Waals surface area contributed by atoms with Crippen LogP contribution in [0.1, 0.15) is 11.1 Å². The van der Waals surface area contributed by atoms with Crippen LogP contribution in [0.15, 0.2) is 48.5 Å². The minimum Gasteiger partial charge on any atom is -0.497 e. The summed E-state index contributed by atoms with van der Waals surface area (Å²) < 4.78 is 9.19. The number of benzene rings is 2. The molecule has 2 aromatic carbocycles. The van der Waals surface area contributed by atoms with Gasteiger partial charge in [-0.2, -0.15) is 0 Å². The van der Waals surface area contributed by atoms with Crippen LogP contribution < -0.4 is 14.7 Å². The Kier molecular flexibility index (Phi) is 4.01. The molecule has 0 amide bonds. The number of methoxy groups -OCH3 is 1. The van der Waals surface area contributed by atoms with E-state index in [1.165, 1.54) is 5.56 Å². The van der Waals surface area contributed by atoms with E-state index < -0.39 is 0 Å². The lowest BCUT2D eigenvalue weighted by atomic mass is 10.1. The molecular formula is C16H17N2O+. The first-order chi connectivity index (χ1) is 9.22. The second-order valence-corrected chi connectivity index (χ2v) is 4.23. The van der Waals surface area contributed by atoms with Crippen molar-refractivity contribution in [2.24, 2.45) is 0 Å². The van der Waals surface area contributed by atoms with E-state index in [2.05, 4.69) is 35.8 Å². The number of hydrogen-bond donors (Lipinski definition) is 1. The molecule has 0 unspecified atom stereocenters. The van der Waals surface area contributed by atoms with Crippen LogP contribution in [0.2, 0.25) is 0 Å². The van der Waals surface area contributed by atoms with Crippen LogP contribution in [0.25, 0.3) is 0 Å². The molecule has 0 spiro atoms. The molecule has 0 aliphatic rings. The molecule has 19 heavy (non-hydrogen) atoms. The monoisotopic (exact) mass is 253 g/mol. The van der Waals surface area contributed by atoms with Crippen molar-refractivity contribution in [3.8, 4) is 5.75 Å². The van der Waals surface area contributed by atoms with Gasteiger partial charge in [-0.25, -0.2) is 9.98 Å². The Morgan fingerprint density at radius 2 is 1.89 bits per heavy atom. The average molecular weight is 253 g/mol. The SMILES string of the molecule is C=[N+]=C(Nc1cccc(C)c1)c1ccc(OC)cc1. The highest BCUT2D eigenvalue weighted by molar-refractivity contribution is 6.07. The van der Waals surface area contributed by atoms with Crippen LogP contribution in [0.3, 0.4) is 0 Å². The second kappa shape index (κ2) is 5.89. The van der Waals surface area contributed by atoms with Gasteiger partial charge in [0.15, 0.2) is 6.72 Å². The second-order valence-electron chi connectivity index (χ2n) is 4.23. The van der Waals surface area contributed by atoms with Gasteiger partial charge in [-0.3, -0.25) is 0 Å². The zero-order valence-electron chi connectivity index (χ0n) is 11.2. The van der Waals surface area contributed by atoms with Crippen molar-refractivity contribution in [3.05, 3.63) is 59.7 Å². The fourth-order valence-electron chi connectivity index (χ4n) is 1.81. The quantitative estimate of drug-likeness (QED) is 0.518. The molecule has 3 nitrogen and oxygen atoms in total. The lowest BCUT2D eigenvalue weighted by Gasteiger charge is -2.02. The van der Waals surface area contributed by atoms with E-state index in [1.807, 2.05) is 36.4 Å². The number of rotatable bonds is 3. The van der Waals surface area contributed by atoms with Gasteiger partial charge < -0.3 is 4.74 Å². The van der Waals surface area contributed by atoms with Gasteiger partial charge in [-0.1, -0.05) is 12.1 Å². The predicted octanol–water partition coefficient (Wildman–Crippen LogP) is 2.63. The molecule has 0 saturated heterocycles. The fraction of sp³-hybridized carbons (Fsp3) is 0.125. The first-order valence-electron chi connectivity index (χ1n) is 6.04. The maximum absolute atomic E-state index is 5.14. The van der Waals surface area contributed by atoms with Crippen LogP contribution in [-0.2, 0) is 0 Å². The largest absolute Gasteiger partial charge is 0.497 e. The van der Waals surface area contributed by atoms with Gasteiger partial charge in [0.25, 0.3) is 0 Å². The van der Waals surface area contributed by atoms with Gasteiger partial charge in [0.1, 0.15) is 11.4 Å². The zero-order chi connectivity index (χ0) is 13.7. The van der Waals surface area contributed by atoms with Crippen LogP contribution in [0.4, 0.5) is 5.69 Å². The molecule has 0 fully saturated rings. The molecule has 0 aromatic heterocycles. The van der Waals surface area contributed by atoms with E-state index in [0.29, 0.717) is 0 Å². The first kappa shape index (κ1) is 12.9. The van der Waals surface area contributed by atoms with Crippen molar-refractivity contribution in [1.82, 2.24) is 4.67 Å². The number of anilines is 1. The molecule has 0 bridgehead atoms. The average Bonchev–Trinajstić information content (AvgIpc) is 2.45. The van der Waals surface area contributed by atoms with Crippen molar-refractivity contribution in [3.63, 3.8) is 0 Å². The molecule has 3 heteroatoms. The molecule has 0 aliphatic carbocycles. The maximum atomic E-state index is 5.14. The van der Waals surface area contributed by atoms with Crippen LogP contribution in [0.5, 0.6) is 5.75 Å². The number of hydrogen-bond acceptors (Lipinski definition) is 1. The Morgan fingerprint density at radius 1 is 1.16 bits per heavy atom. The Morgan fingerprint density at radius 3 is 2.47 bits per heavy atom. The van der Waals surface area contributed by atoms with Crippen molar-refractivity contribution < 1.29 is 4.74 Å². The summed E-state index contributed by atoms with van der Waals surface area (Å²) in [6.07, 6.45) is 0. The molecule has 2 rings (SSSR count). The lowest BCUT2D eigenvalue weighted by molar-refractivity contribution is 0.415. The van der Waals surface area contributed by atoms with Crippen molar-refractivity contribution >= 4 is 18.2 Å². The summed E-state index contributed by atoms with van der Waals surface area (Å²) in [4.78, 5) is 0. The summed E-state index contributed by atoms with van der Waals surface area (Å²) in [7, 11) is 1.65. The molecule has 96 valence electrons. The molecular weight excluding hydrogens is 236 g/mol. The zero-order valence-corrected chi connectivity index (χ0v) is 11.2. The summed E-state index contributed by atoms with van der Waals surface area (Å²) in [5.74, 6) is 1.55. The van der Waals surface area contributed by atoms with E-state index in [0.717, 1.165) is 22.8 Å². The number of amidine groups is 1. The maximum Gasteiger partial charge on any atom is 0.379 e. The summed E-state index contributed by atoms with van der Waals surface area (Å²) in [5.41, 5.74) is 3.17. The molecule has 0 radical (unpaired) electrons. The van der Waals surface area contributed by atoms with E-state index in [-0.39, 0.29) is 0 Å². The summed E-state index contributed by atoms with van der Waals surface area (Å²) >= 11 is 0. The van der Waals surface area contributed by atoms with Gasteiger partial charge in [0.05, 0.1) is 12.7 Å².